The molecule has 1 heterocycles. The van der Waals surface area contributed by atoms with E-state index in [9.17, 15) is 20.0 Å². The molecule has 0 atom stereocenters. The van der Waals surface area contributed by atoms with E-state index in [1.807, 2.05) is 60.7 Å². The van der Waals surface area contributed by atoms with Crippen LogP contribution in [0.25, 0.3) is 11.6 Å². The zero-order valence-corrected chi connectivity index (χ0v) is 22.0. The molecule has 1 aliphatic heterocycles. The number of nitrogens with zero attached hydrogens (tertiary/aromatic N) is 3. The Labute approximate surface area is 231 Å². The Morgan fingerprint density at radius 2 is 1.68 bits per heavy atom. The summed E-state index contributed by atoms with van der Waals surface area (Å²) in [6.07, 6.45) is 3.28. The van der Waals surface area contributed by atoms with Gasteiger partial charge in [0.05, 0.1) is 13.7 Å². The molecule has 1 amide bonds. The second-order valence-electron chi connectivity index (χ2n) is 9.64. The van der Waals surface area contributed by atoms with E-state index in [2.05, 4.69) is 9.99 Å². The zero-order chi connectivity index (χ0) is 28.1. The predicted octanol–water partition coefficient (Wildman–Crippen LogP) is 4.52. The van der Waals surface area contributed by atoms with Gasteiger partial charge in [0.25, 0.3) is 11.0 Å². The minimum absolute atomic E-state index is 0.0497. The molecule has 10 heteroatoms. The molecule has 1 fully saturated rings. The normalized spacial score (nSPS) is 14.6. The summed E-state index contributed by atoms with van der Waals surface area (Å²) in [6, 6.07) is 21.0. The molecule has 0 aromatic heterocycles. The van der Waals surface area contributed by atoms with Crippen LogP contribution in [0.4, 0.5) is 0 Å². The third-order valence-corrected chi connectivity index (χ3v) is 7.19. The smallest absolute Gasteiger partial charge is 0.294 e. The number of fused-ring (bicyclic) bond motifs is 2. The fourth-order valence-corrected chi connectivity index (χ4v) is 5.12. The average Bonchev–Trinajstić information content (AvgIpc) is 2.97. The highest BCUT2D eigenvalue weighted by Crippen LogP contribution is 2.38. The van der Waals surface area contributed by atoms with Crippen molar-refractivity contribution < 1.29 is 29.4 Å². The monoisotopic (exact) mass is 543 g/mol. The summed E-state index contributed by atoms with van der Waals surface area (Å²) in [7, 11) is 1.51. The molecule has 0 bridgehead atoms. The lowest BCUT2D eigenvalue weighted by atomic mass is 9.80. The van der Waals surface area contributed by atoms with Crippen molar-refractivity contribution in [2.24, 2.45) is 11.1 Å². The molecule has 5 rings (SSSR count). The number of benzene rings is 3. The Hall–Kier alpha value is -4.86. The summed E-state index contributed by atoms with van der Waals surface area (Å²) >= 11 is 0. The van der Waals surface area contributed by atoms with Gasteiger partial charge in [0.2, 0.25) is 0 Å². The second-order valence-corrected chi connectivity index (χ2v) is 9.64. The maximum absolute atomic E-state index is 12.8. The topological polar surface area (TPSA) is 124 Å². The molecule has 1 saturated heterocycles. The van der Waals surface area contributed by atoms with Crippen LogP contribution in [0.2, 0.25) is 0 Å². The average molecular weight is 544 g/mol. The van der Waals surface area contributed by atoms with Gasteiger partial charge in [-0.05, 0) is 59.2 Å². The minimum Gasteiger partial charge on any atom is -0.504 e. The number of rotatable bonds is 8. The molecule has 0 radical (unpaired) electrons. The van der Waals surface area contributed by atoms with E-state index in [0.29, 0.717) is 37.4 Å². The molecule has 2 aliphatic rings. The lowest BCUT2D eigenvalue weighted by Gasteiger charge is -2.31. The molecule has 3 aromatic carbocycles. The van der Waals surface area contributed by atoms with E-state index in [1.54, 1.807) is 17.0 Å². The van der Waals surface area contributed by atoms with E-state index >= 15 is 0 Å². The molecule has 206 valence electrons. The number of hydrogen-bond acceptors (Lipinski definition) is 8. The lowest BCUT2D eigenvalue weighted by molar-refractivity contribution is -0.759. The first-order valence-electron chi connectivity index (χ1n) is 13.0. The third kappa shape index (κ3) is 5.75. The lowest BCUT2D eigenvalue weighted by Crippen LogP contribution is -2.41. The molecule has 1 N–H and O–H groups in total. The quantitative estimate of drug-likeness (QED) is 0.256. The van der Waals surface area contributed by atoms with Crippen molar-refractivity contribution in [1.29, 1.82) is 0 Å². The van der Waals surface area contributed by atoms with Gasteiger partial charge in [-0.1, -0.05) is 59.8 Å². The van der Waals surface area contributed by atoms with E-state index < -0.39 is 5.09 Å². The van der Waals surface area contributed by atoms with E-state index in [-0.39, 0.29) is 30.8 Å². The van der Waals surface area contributed by atoms with Crippen molar-refractivity contribution in [3.8, 4) is 11.5 Å². The Bertz CT molecular complexity index is 1420. The van der Waals surface area contributed by atoms with E-state index in [0.717, 1.165) is 33.4 Å². The predicted molar refractivity (Wildman–Crippen MR) is 148 cm³/mol. The highest BCUT2D eigenvalue weighted by molar-refractivity contribution is 6.22. The van der Waals surface area contributed by atoms with Crippen LogP contribution in [0.15, 0.2) is 71.9 Å². The largest absolute Gasteiger partial charge is 0.504 e. The second kappa shape index (κ2) is 11.9. The van der Waals surface area contributed by atoms with Crippen LogP contribution in [0.5, 0.6) is 11.5 Å². The minimum atomic E-state index is -0.783. The maximum Gasteiger partial charge on any atom is 0.294 e. The first-order valence-corrected chi connectivity index (χ1v) is 13.0. The molecule has 0 saturated carbocycles. The van der Waals surface area contributed by atoms with Crippen LogP contribution in [0.3, 0.4) is 0 Å². The molecule has 40 heavy (non-hydrogen) atoms. The van der Waals surface area contributed by atoms with Crippen molar-refractivity contribution in [2.75, 3.05) is 33.4 Å². The molecule has 0 spiro atoms. The van der Waals surface area contributed by atoms with Gasteiger partial charge in [-0.25, -0.2) is 0 Å². The van der Waals surface area contributed by atoms with Crippen LogP contribution in [-0.4, -0.2) is 60.1 Å². The Morgan fingerprint density at radius 1 is 1.05 bits per heavy atom. The summed E-state index contributed by atoms with van der Waals surface area (Å²) < 4.78 is 5.18. The number of oxime groups is 1. The zero-order valence-electron chi connectivity index (χ0n) is 22.0. The summed E-state index contributed by atoms with van der Waals surface area (Å²) in [5.41, 5.74) is 6.04. The van der Waals surface area contributed by atoms with Crippen molar-refractivity contribution in [1.82, 2.24) is 4.90 Å². The number of amides is 1. The van der Waals surface area contributed by atoms with Crippen LogP contribution < -0.4 is 4.74 Å². The Kier molecular flexibility index (Phi) is 7.95. The molecule has 10 nitrogen and oxygen atoms in total. The highest BCUT2D eigenvalue weighted by atomic mass is 16.9. The number of phenols is 1. The number of hydrogen-bond donors (Lipinski definition) is 1. The Morgan fingerprint density at radius 3 is 2.25 bits per heavy atom. The van der Waals surface area contributed by atoms with Gasteiger partial charge in [0, 0.05) is 24.2 Å². The molecule has 1 aliphatic carbocycles. The summed E-state index contributed by atoms with van der Waals surface area (Å²) in [6.45, 7) is 0.822. The number of aromatic hydroxyl groups is 1. The van der Waals surface area contributed by atoms with E-state index in [1.165, 1.54) is 7.11 Å². The standard InChI is InChI=1S/C30H29N3O7/c1-38-28-11-10-21(17-27(28)34)16-26-22-6-2-4-8-24(22)30(25-9-5-3-7-23(25)26)31-39-19-29(35)32-14-12-20(13-15-32)18-40-33(36)37/h2-11,16-17,20,34H,12-15,18-19H2,1H3. The number of carbonyl (C=O) groups excluding carboxylic acids is 1. The van der Waals surface area contributed by atoms with Crippen LogP contribution in [-0.2, 0) is 14.5 Å². The van der Waals surface area contributed by atoms with Crippen molar-refractivity contribution >= 4 is 23.3 Å². The number of phenolic OH excluding ortho intramolecular Hbond substituents is 1. The number of ether oxygens (including phenoxy) is 1. The van der Waals surface area contributed by atoms with Crippen LogP contribution in [0.1, 0.15) is 40.7 Å². The van der Waals surface area contributed by atoms with Gasteiger partial charge in [0.15, 0.2) is 18.1 Å². The van der Waals surface area contributed by atoms with Crippen molar-refractivity contribution in [3.05, 3.63) is 105 Å². The molecule has 0 unspecified atom stereocenters. The first-order chi connectivity index (χ1) is 19.4. The molecule has 3 aromatic rings. The fraction of sp³-hybridized carbons (Fsp3) is 0.267. The summed E-state index contributed by atoms with van der Waals surface area (Å²) in [5, 5.41) is 24.4. The van der Waals surface area contributed by atoms with Crippen LogP contribution >= 0.6 is 0 Å². The van der Waals surface area contributed by atoms with Crippen LogP contribution in [0, 0.1) is 16.0 Å². The van der Waals surface area contributed by atoms with Crippen molar-refractivity contribution in [2.45, 2.75) is 12.8 Å². The fourth-order valence-electron chi connectivity index (χ4n) is 5.12. The van der Waals surface area contributed by atoms with Gasteiger partial charge >= 0.3 is 0 Å². The first kappa shape index (κ1) is 26.7. The Balaban J connectivity index is 1.35. The van der Waals surface area contributed by atoms with Gasteiger partial charge < -0.3 is 24.4 Å². The number of piperidine rings is 1. The van der Waals surface area contributed by atoms with Gasteiger partial charge in [-0.3, -0.25) is 4.79 Å². The molecular weight excluding hydrogens is 514 g/mol. The van der Waals surface area contributed by atoms with Gasteiger partial charge in [-0.2, -0.15) is 0 Å². The van der Waals surface area contributed by atoms with Gasteiger partial charge in [0.1, 0.15) is 5.71 Å². The van der Waals surface area contributed by atoms with E-state index in [4.69, 9.17) is 9.57 Å². The summed E-state index contributed by atoms with van der Waals surface area (Å²) in [5.74, 6) is 0.329. The van der Waals surface area contributed by atoms with Gasteiger partial charge in [-0.15, -0.1) is 10.1 Å². The van der Waals surface area contributed by atoms with Crippen molar-refractivity contribution in [3.63, 3.8) is 0 Å². The number of methoxy groups -OCH3 is 1. The highest BCUT2D eigenvalue weighted by Gasteiger charge is 2.27. The maximum atomic E-state index is 12.8. The number of carbonyl (C=O) groups is 1. The summed E-state index contributed by atoms with van der Waals surface area (Å²) in [4.78, 5) is 35.0. The molecular formula is C30H29N3O7. The third-order valence-electron chi connectivity index (χ3n) is 7.19. The number of likely N-dealkylation sites (tertiary alicyclic amines) is 1. The SMILES string of the molecule is COc1ccc(C=C2c3ccccc3C(=NOCC(=O)N3CCC(CO[N+](=O)[O-])CC3)c3ccccc32)cc1O.